The van der Waals surface area contributed by atoms with Gasteiger partial charge in [-0.05, 0) is 36.8 Å². The van der Waals surface area contributed by atoms with Crippen molar-refractivity contribution in [1.29, 1.82) is 0 Å². The molecule has 1 saturated heterocycles. The Kier molecular flexibility index (Phi) is 5.79. The van der Waals surface area contributed by atoms with Crippen LogP contribution in [-0.4, -0.2) is 49.1 Å². The van der Waals surface area contributed by atoms with Gasteiger partial charge in [-0.15, -0.1) is 0 Å². The van der Waals surface area contributed by atoms with E-state index in [4.69, 9.17) is 9.47 Å². The van der Waals surface area contributed by atoms with E-state index in [1.54, 1.807) is 19.1 Å². The molecule has 1 aliphatic rings. The van der Waals surface area contributed by atoms with E-state index < -0.39 is 28.1 Å². The summed E-state index contributed by atoms with van der Waals surface area (Å²) in [6.07, 6.45) is -0.723. The topological polar surface area (TPSA) is 93.1 Å². The van der Waals surface area contributed by atoms with Gasteiger partial charge in [-0.25, -0.2) is 8.42 Å². The highest BCUT2D eigenvalue weighted by atomic mass is 32.2. The van der Waals surface area contributed by atoms with Crippen LogP contribution < -0.4 is 4.74 Å². The monoisotopic (exact) mass is 391 g/mol. The molecule has 1 N–H and O–H groups in total. The number of hydrogen-bond donors (Lipinski definition) is 1. The van der Waals surface area contributed by atoms with Gasteiger partial charge >= 0.3 is 5.97 Å². The highest BCUT2D eigenvalue weighted by Gasteiger charge is 2.42. The standard InChI is InChI=1S/C19H21NO6S/c1-14-18(19(21)22)20(11-12-25-14)27(23,24)17-9-7-16(8-10-17)26-13-15-5-3-2-4-6-15/h2-10,14,18H,11-13H2,1H3,(H,21,22). The van der Waals surface area contributed by atoms with Gasteiger partial charge in [-0.2, -0.15) is 4.31 Å². The SMILES string of the molecule is CC1OCCN(S(=O)(=O)c2ccc(OCc3ccccc3)cc2)C1C(=O)O. The largest absolute Gasteiger partial charge is 0.489 e. The Morgan fingerprint density at radius 1 is 1.19 bits per heavy atom. The van der Waals surface area contributed by atoms with Gasteiger partial charge in [0.1, 0.15) is 18.4 Å². The maximum atomic E-state index is 12.9. The number of ether oxygens (including phenoxy) is 2. The van der Waals surface area contributed by atoms with Crippen molar-refractivity contribution in [3.05, 3.63) is 60.2 Å². The predicted molar refractivity (Wildman–Crippen MR) is 97.9 cm³/mol. The van der Waals surface area contributed by atoms with Crippen LogP contribution in [-0.2, 0) is 26.2 Å². The average molecular weight is 391 g/mol. The number of nitrogens with zero attached hydrogens (tertiary/aromatic N) is 1. The second-order valence-electron chi connectivity index (χ2n) is 6.22. The minimum absolute atomic E-state index is 0.00407. The zero-order valence-electron chi connectivity index (χ0n) is 14.8. The van der Waals surface area contributed by atoms with Crippen molar-refractivity contribution in [2.24, 2.45) is 0 Å². The Balaban J connectivity index is 1.75. The highest BCUT2D eigenvalue weighted by molar-refractivity contribution is 7.89. The van der Waals surface area contributed by atoms with Gasteiger partial charge in [-0.3, -0.25) is 4.79 Å². The van der Waals surface area contributed by atoms with Crippen LogP contribution in [0.15, 0.2) is 59.5 Å². The molecular weight excluding hydrogens is 370 g/mol. The molecule has 0 aromatic heterocycles. The Hall–Kier alpha value is -2.42. The molecule has 3 rings (SSSR count). The number of morpholine rings is 1. The van der Waals surface area contributed by atoms with Crippen molar-refractivity contribution >= 4 is 16.0 Å². The van der Waals surface area contributed by atoms with Crippen LogP contribution >= 0.6 is 0 Å². The highest BCUT2D eigenvalue weighted by Crippen LogP contribution is 2.25. The third-order valence-corrected chi connectivity index (χ3v) is 6.27. The summed E-state index contributed by atoms with van der Waals surface area (Å²) in [5.74, 6) is -0.698. The lowest BCUT2D eigenvalue weighted by Gasteiger charge is -2.36. The number of sulfonamides is 1. The third-order valence-electron chi connectivity index (χ3n) is 4.38. The summed E-state index contributed by atoms with van der Waals surface area (Å²) < 4.78 is 37.8. The molecule has 0 radical (unpaired) electrons. The lowest BCUT2D eigenvalue weighted by molar-refractivity contribution is -0.150. The van der Waals surface area contributed by atoms with Crippen molar-refractivity contribution in [1.82, 2.24) is 4.31 Å². The van der Waals surface area contributed by atoms with Crippen molar-refractivity contribution in [3.63, 3.8) is 0 Å². The van der Waals surface area contributed by atoms with E-state index in [9.17, 15) is 18.3 Å². The zero-order valence-corrected chi connectivity index (χ0v) is 15.6. The van der Waals surface area contributed by atoms with E-state index in [0.717, 1.165) is 9.87 Å². The van der Waals surface area contributed by atoms with Gasteiger partial charge in [-0.1, -0.05) is 30.3 Å². The molecular formula is C19H21NO6S. The molecule has 0 bridgehead atoms. The van der Waals surface area contributed by atoms with Crippen LogP contribution in [0.25, 0.3) is 0 Å². The molecule has 1 aliphatic heterocycles. The fourth-order valence-corrected chi connectivity index (χ4v) is 4.60. The Morgan fingerprint density at radius 2 is 1.85 bits per heavy atom. The Labute approximate surface area is 158 Å². The number of carboxylic acid groups (broad SMARTS) is 1. The molecule has 0 saturated carbocycles. The van der Waals surface area contributed by atoms with Crippen molar-refractivity contribution in [2.75, 3.05) is 13.2 Å². The summed E-state index contributed by atoms with van der Waals surface area (Å²) in [4.78, 5) is 11.5. The van der Waals surface area contributed by atoms with Crippen LogP contribution in [0.4, 0.5) is 0 Å². The second kappa shape index (κ2) is 8.08. The Morgan fingerprint density at radius 3 is 2.48 bits per heavy atom. The molecule has 144 valence electrons. The molecule has 2 aromatic carbocycles. The minimum Gasteiger partial charge on any atom is -0.489 e. The van der Waals surface area contributed by atoms with E-state index in [0.29, 0.717) is 12.4 Å². The number of hydrogen-bond acceptors (Lipinski definition) is 5. The first kappa shape index (κ1) is 19.3. The number of carboxylic acids is 1. The number of benzene rings is 2. The van der Waals surface area contributed by atoms with Crippen LogP contribution in [0.3, 0.4) is 0 Å². The zero-order chi connectivity index (χ0) is 19.4. The van der Waals surface area contributed by atoms with Gasteiger partial charge in [0, 0.05) is 6.54 Å². The van der Waals surface area contributed by atoms with Crippen molar-refractivity contribution < 1.29 is 27.8 Å². The van der Waals surface area contributed by atoms with Gasteiger partial charge in [0.15, 0.2) is 0 Å². The smallest absolute Gasteiger partial charge is 0.324 e. The van der Waals surface area contributed by atoms with Gasteiger partial charge in [0.2, 0.25) is 10.0 Å². The molecule has 0 amide bonds. The summed E-state index contributed by atoms with van der Waals surface area (Å²) in [6.45, 7) is 2.08. The second-order valence-corrected chi connectivity index (χ2v) is 8.11. The first-order chi connectivity index (χ1) is 12.9. The van der Waals surface area contributed by atoms with E-state index in [-0.39, 0.29) is 18.0 Å². The van der Waals surface area contributed by atoms with E-state index >= 15 is 0 Å². The average Bonchev–Trinajstić information content (AvgIpc) is 2.67. The summed E-state index contributed by atoms with van der Waals surface area (Å²) >= 11 is 0. The lowest BCUT2D eigenvalue weighted by atomic mass is 10.1. The first-order valence-corrected chi connectivity index (χ1v) is 9.96. The predicted octanol–water partition coefficient (Wildman–Crippen LogP) is 2.13. The molecule has 2 aromatic rings. The molecule has 2 atom stereocenters. The van der Waals surface area contributed by atoms with Crippen molar-refractivity contribution in [3.8, 4) is 5.75 Å². The summed E-state index contributed by atoms with van der Waals surface area (Å²) in [5.41, 5.74) is 1.00. The summed E-state index contributed by atoms with van der Waals surface area (Å²) in [7, 11) is -3.96. The minimum atomic E-state index is -3.96. The lowest BCUT2D eigenvalue weighted by Crippen LogP contribution is -2.56. The molecule has 2 unspecified atom stereocenters. The maximum absolute atomic E-state index is 12.9. The van der Waals surface area contributed by atoms with Crippen LogP contribution in [0.2, 0.25) is 0 Å². The molecule has 1 fully saturated rings. The Bertz CT molecular complexity index is 882. The first-order valence-electron chi connectivity index (χ1n) is 8.52. The molecule has 8 heteroatoms. The molecule has 27 heavy (non-hydrogen) atoms. The van der Waals surface area contributed by atoms with Crippen LogP contribution in [0.5, 0.6) is 5.75 Å². The van der Waals surface area contributed by atoms with Crippen LogP contribution in [0.1, 0.15) is 12.5 Å². The fraction of sp³-hybridized carbons (Fsp3) is 0.316. The van der Waals surface area contributed by atoms with E-state index in [1.807, 2.05) is 30.3 Å². The number of aliphatic carboxylic acids is 1. The number of carbonyl (C=O) groups is 1. The normalized spacial score (nSPS) is 20.9. The van der Waals surface area contributed by atoms with E-state index in [2.05, 4.69) is 0 Å². The summed E-state index contributed by atoms with van der Waals surface area (Å²) in [5, 5.41) is 9.41. The number of rotatable bonds is 6. The van der Waals surface area contributed by atoms with Crippen molar-refractivity contribution in [2.45, 2.75) is 30.6 Å². The fourth-order valence-electron chi connectivity index (χ4n) is 2.97. The summed E-state index contributed by atoms with van der Waals surface area (Å²) in [6, 6.07) is 14.3. The quantitative estimate of drug-likeness (QED) is 0.811. The van der Waals surface area contributed by atoms with E-state index in [1.165, 1.54) is 12.1 Å². The molecule has 0 aliphatic carbocycles. The molecule has 0 spiro atoms. The van der Waals surface area contributed by atoms with Crippen LogP contribution in [0, 0.1) is 0 Å². The molecule has 7 nitrogen and oxygen atoms in total. The van der Waals surface area contributed by atoms with Gasteiger partial charge < -0.3 is 14.6 Å². The van der Waals surface area contributed by atoms with Gasteiger partial charge in [0.05, 0.1) is 17.6 Å². The van der Waals surface area contributed by atoms with Gasteiger partial charge in [0.25, 0.3) is 0 Å². The maximum Gasteiger partial charge on any atom is 0.324 e. The third kappa shape index (κ3) is 4.29. The molecule has 1 heterocycles.